The summed E-state index contributed by atoms with van der Waals surface area (Å²) in [5.74, 6) is 0.216. The van der Waals surface area contributed by atoms with Crippen LogP contribution in [0.4, 0.5) is 5.69 Å². The zero-order chi connectivity index (χ0) is 19.8. The van der Waals surface area contributed by atoms with E-state index < -0.39 is 0 Å². The topological polar surface area (TPSA) is 55.1 Å². The predicted molar refractivity (Wildman–Crippen MR) is 127 cm³/mol. The summed E-state index contributed by atoms with van der Waals surface area (Å²) in [5, 5.41) is 3.23. The van der Waals surface area contributed by atoms with E-state index in [1.807, 2.05) is 18.2 Å². The minimum Gasteiger partial charge on any atom is -0.436 e. The van der Waals surface area contributed by atoms with Crippen LogP contribution in [0.2, 0.25) is 5.02 Å². The minimum atomic E-state index is -0.297. The van der Waals surface area contributed by atoms with Crippen molar-refractivity contribution in [1.82, 2.24) is 4.98 Å². The molecule has 0 unspecified atom stereocenters. The van der Waals surface area contributed by atoms with E-state index in [1.165, 1.54) is 0 Å². The van der Waals surface area contributed by atoms with Crippen molar-refractivity contribution >= 4 is 88.7 Å². The molecule has 0 spiro atoms. The van der Waals surface area contributed by atoms with Crippen molar-refractivity contribution in [3.63, 3.8) is 0 Å². The molecule has 1 N–H and O–H groups in total. The van der Waals surface area contributed by atoms with Crippen LogP contribution in [0.3, 0.4) is 0 Å². The smallest absolute Gasteiger partial charge is 0.257 e. The van der Waals surface area contributed by atoms with Gasteiger partial charge in [-0.25, -0.2) is 4.98 Å². The van der Waals surface area contributed by atoms with E-state index >= 15 is 0 Å². The number of rotatable bonds is 3. The summed E-state index contributed by atoms with van der Waals surface area (Å²) in [6.07, 6.45) is 0. The summed E-state index contributed by atoms with van der Waals surface area (Å²) in [6, 6.07) is 16.4. The second-order valence-corrected chi connectivity index (χ2v) is 9.33. The average molecular weight is 632 g/mol. The van der Waals surface area contributed by atoms with Crippen molar-refractivity contribution in [2.45, 2.75) is 0 Å². The first kappa shape index (κ1) is 19.9. The Labute approximate surface area is 196 Å². The third kappa shape index (κ3) is 4.12. The molecule has 4 nitrogen and oxygen atoms in total. The highest BCUT2D eigenvalue weighted by atomic mass is 127. The second kappa shape index (κ2) is 8.14. The van der Waals surface area contributed by atoms with Gasteiger partial charge in [0.25, 0.3) is 5.91 Å². The second-order valence-electron chi connectivity index (χ2n) is 5.90. The van der Waals surface area contributed by atoms with Gasteiger partial charge < -0.3 is 9.73 Å². The van der Waals surface area contributed by atoms with E-state index in [0.29, 0.717) is 33.3 Å². The number of hydrogen-bond acceptors (Lipinski definition) is 3. The molecule has 1 heterocycles. The van der Waals surface area contributed by atoms with Crippen LogP contribution in [0, 0.1) is 3.57 Å². The van der Waals surface area contributed by atoms with Gasteiger partial charge >= 0.3 is 0 Å². The fourth-order valence-electron chi connectivity index (χ4n) is 2.65. The van der Waals surface area contributed by atoms with E-state index in [2.05, 4.69) is 64.8 Å². The Morgan fingerprint density at radius 3 is 2.71 bits per heavy atom. The van der Waals surface area contributed by atoms with E-state index in [1.54, 1.807) is 36.4 Å². The van der Waals surface area contributed by atoms with E-state index in [9.17, 15) is 4.79 Å². The highest BCUT2D eigenvalue weighted by Gasteiger charge is 2.15. The first-order chi connectivity index (χ1) is 13.4. The number of nitrogens with zero attached hydrogens (tertiary/aromatic N) is 1. The highest BCUT2D eigenvalue weighted by molar-refractivity contribution is 14.1. The first-order valence-corrected chi connectivity index (χ1v) is 11.1. The molecule has 0 saturated heterocycles. The van der Waals surface area contributed by atoms with E-state index in [-0.39, 0.29) is 5.91 Å². The van der Waals surface area contributed by atoms with Crippen LogP contribution in [-0.2, 0) is 0 Å². The number of aromatic nitrogens is 1. The third-order valence-electron chi connectivity index (χ3n) is 3.98. The normalized spacial score (nSPS) is 11.0. The molecule has 8 heteroatoms. The van der Waals surface area contributed by atoms with Gasteiger partial charge in [0.2, 0.25) is 5.89 Å². The van der Waals surface area contributed by atoms with Crippen LogP contribution in [0.5, 0.6) is 0 Å². The molecular weight excluding hydrogens is 622 g/mol. The molecule has 4 rings (SSSR count). The predicted octanol–water partition coefficient (Wildman–Crippen LogP) is 7.53. The quantitative estimate of drug-likeness (QED) is 0.238. The Bertz CT molecular complexity index is 1230. The third-order valence-corrected chi connectivity index (χ3v) is 6.16. The van der Waals surface area contributed by atoms with Gasteiger partial charge in [0, 0.05) is 18.2 Å². The van der Waals surface area contributed by atoms with Crippen LogP contribution in [-0.4, -0.2) is 10.9 Å². The molecule has 0 saturated carbocycles. The Kier molecular flexibility index (Phi) is 5.78. The number of nitrogens with one attached hydrogen (secondary N) is 1. The standard InChI is InChI=1S/C20H10Br2ClIN2O2/c21-10-1-5-16(23)14(7-10)19(27)25-12-3-6-18-17(9-12)26-20(28-18)13-8-11(24)2-4-15(13)22/h1-9H,(H,25,27). The maximum absolute atomic E-state index is 12.6. The van der Waals surface area contributed by atoms with Crippen LogP contribution >= 0.6 is 66.1 Å². The van der Waals surface area contributed by atoms with E-state index in [4.69, 9.17) is 16.0 Å². The van der Waals surface area contributed by atoms with E-state index in [0.717, 1.165) is 18.1 Å². The number of anilines is 1. The fraction of sp³-hybridized carbons (Fsp3) is 0. The van der Waals surface area contributed by atoms with Gasteiger partial charge in [-0.1, -0.05) is 27.5 Å². The average Bonchev–Trinajstić information content (AvgIpc) is 3.08. The lowest BCUT2D eigenvalue weighted by atomic mass is 10.2. The Morgan fingerprint density at radius 2 is 1.89 bits per heavy atom. The number of halogens is 4. The highest BCUT2D eigenvalue weighted by Crippen LogP contribution is 2.32. The SMILES string of the molecule is O=C(Nc1ccc2oc(-c3cc(I)ccc3Br)nc2c1)c1cc(Br)ccc1Cl. The molecule has 0 aliphatic heterocycles. The van der Waals surface area contributed by atoms with Gasteiger partial charge in [0.05, 0.1) is 16.1 Å². The van der Waals surface area contributed by atoms with Crippen molar-refractivity contribution in [2.75, 3.05) is 5.32 Å². The molecule has 1 aromatic heterocycles. The molecule has 140 valence electrons. The Hall–Kier alpha value is -1.42. The van der Waals surface area contributed by atoms with Crippen LogP contribution in [0.25, 0.3) is 22.6 Å². The summed E-state index contributed by atoms with van der Waals surface area (Å²) in [7, 11) is 0. The molecule has 0 aliphatic carbocycles. The Balaban J connectivity index is 1.66. The summed E-state index contributed by atoms with van der Waals surface area (Å²) in [4.78, 5) is 17.1. The lowest BCUT2D eigenvalue weighted by Crippen LogP contribution is -2.12. The zero-order valence-corrected chi connectivity index (χ0v) is 20.1. The van der Waals surface area contributed by atoms with Gasteiger partial charge in [0.15, 0.2) is 5.58 Å². The monoisotopic (exact) mass is 630 g/mol. The van der Waals surface area contributed by atoms with Crippen molar-refractivity contribution in [3.8, 4) is 11.5 Å². The van der Waals surface area contributed by atoms with Gasteiger partial charge in [0.1, 0.15) is 5.52 Å². The number of amides is 1. The molecule has 0 aliphatic rings. The lowest BCUT2D eigenvalue weighted by Gasteiger charge is -2.07. The van der Waals surface area contributed by atoms with Crippen molar-refractivity contribution < 1.29 is 9.21 Å². The largest absolute Gasteiger partial charge is 0.436 e. The van der Waals surface area contributed by atoms with Crippen molar-refractivity contribution in [3.05, 3.63) is 77.7 Å². The lowest BCUT2D eigenvalue weighted by molar-refractivity contribution is 0.102. The van der Waals surface area contributed by atoms with Crippen molar-refractivity contribution in [2.24, 2.45) is 0 Å². The van der Waals surface area contributed by atoms with Crippen LogP contribution < -0.4 is 5.32 Å². The van der Waals surface area contributed by atoms with Gasteiger partial charge in [-0.2, -0.15) is 0 Å². The Morgan fingerprint density at radius 1 is 1.07 bits per heavy atom. The molecule has 3 aromatic carbocycles. The minimum absolute atomic E-state index is 0.297. The molecule has 0 atom stereocenters. The molecular formula is C20H10Br2ClIN2O2. The van der Waals surface area contributed by atoms with Crippen LogP contribution in [0.15, 0.2) is 68.0 Å². The summed E-state index contributed by atoms with van der Waals surface area (Å²) in [6.45, 7) is 0. The number of fused-ring (bicyclic) bond motifs is 1. The van der Waals surface area contributed by atoms with Gasteiger partial charge in [-0.05, 0) is 93.1 Å². The number of benzene rings is 3. The van der Waals surface area contributed by atoms with Gasteiger partial charge in [-0.3, -0.25) is 4.79 Å². The molecule has 1 amide bonds. The van der Waals surface area contributed by atoms with Crippen molar-refractivity contribution in [1.29, 1.82) is 0 Å². The molecule has 4 aromatic rings. The molecule has 0 bridgehead atoms. The first-order valence-electron chi connectivity index (χ1n) is 8.03. The maximum Gasteiger partial charge on any atom is 0.257 e. The molecule has 0 radical (unpaired) electrons. The maximum atomic E-state index is 12.6. The summed E-state index contributed by atoms with van der Waals surface area (Å²) >= 11 is 15.3. The number of oxazole rings is 1. The zero-order valence-electron chi connectivity index (χ0n) is 14.0. The number of hydrogen-bond donors (Lipinski definition) is 1. The van der Waals surface area contributed by atoms with Crippen LogP contribution in [0.1, 0.15) is 10.4 Å². The number of carbonyl (C=O) groups is 1. The molecule has 28 heavy (non-hydrogen) atoms. The molecule has 0 fully saturated rings. The fourth-order valence-corrected chi connectivity index (χ4v) is 4.12. The summed E-state index contributed by atoms with van der Waals surface area (Å²) < 4.78 is 8.65. The summed E-state index contributed by atoms with van der Waals surface area (Å²) in [5.41, 5.74) is 3.16. The van der Waals surface area contributed by atoms with Gasteiger partial charge in [-0.15, -0.1) is 0 Å². The number of carbonyl (C=O) groups excluding carboxylic acids is 1.